The Morgan fingerprint density at radius 2 is 1.89 bits per heavy atom. The molecule has 1 aliphatic rings. The summed E-state index contributed by atoms with van der Waals surface area (Å²) in [7, 11) is 0. The molecule has 0 aromatic heterocycles. The lowest BCUT2D eigenvalue weighted by Crippen LogP contribution is -2.45. The molecule has 18 heavy (non-hydrogen) atoms. The van der Waals surface area contributed by atoms with E-state index in [0.717, 1.165) is 17.5 Å². The van der Waals surface area contributed by atoms with Crippen molar-refractivity contribution in [3.05, 3.63) is 34.9 Å². The van der Waals surface area contributed by atoms with E-state index in [0.29, 0.717) is 10.8 Å². The van der Waals surface area contributed by atoms with Crippen molar-refractivity contribution in [2.24, 2.45) is 0 Å². The van der Waals surface area contributed by atoms with E-state index in [-0.39, 0.29) is 0 Å². The van der Waals surface area contributed by atoms with Crippen LogP contribution in [0.15, 0.2) is 24.3 Å². The van der Waals surface area contributed by atoms with Gasteiger partial charge in [-0.15, -0.1) is 0 Å². The Morgan fingerprint density at radius 1 is 1.28 bits per heavy atom. The summed E-state index contributed by atoms with van der Waals surface area (Å²) in [5.74, 6) is 0.720. The standard InChI is InChI=1S/C15H22ClNS/c1-15(2,18-3)10-17-14-8-12(9-14)11-4-6-13(16)7-5-11/h4-7,12,14,17H,8-10H2,1-3H3. The van der Waals surface area contributed by atoms with Crippen molar-refractivity contribution in [2.75, 3.05) is 12.8 Å². The van der Waals surface area contributed by atoms with Crippen molar-refractivity contribution in [2.45, 2.75) is 43.4 Å². The van der Waals surface area contributed by atoms with Gasteiger partial charge in [0.15, 0.2) is 0 Å². The molecule has 3 heteroatoms. The van der Waals surface area contributed by atoms with Crippen molar-refractivity contribution in [1.82, 2.24) is 5.32 Å². The summed E-state index contributed by atoms with van der Waals surface area (Å²) in [6.07, 6.45) is 4.69. The monoisotopic (exact) mass is 283 g/mol. The van der Waals surface area contributed by atoms with E-state index in [4.69, 9.17) is 11.6 Å². The molecule has 1 aliphatic carbocycles. The van der Waals surface area contributed by atoms with Gasteiger partial charge in [-0.25, -0.2) is 0 Å². The van der Waals surface area contributed by atoms with E-state index >= 15 is 0 Å². The molecular weight excluding hydrogens is 262 g/mol. The summed E-state index contributed by atoms with van der Waals surface area (Å²) in [5, 5.41) is 4.50. The third-order valence-electron chi connectivity index (χ3n) is 3.85. The Bertz CT molecular complexity index is 382. The average molecular weight is 284 g/mol. The first-order valence-electron chi connectivity index (χ1n) is 6.54. The van der Waals surface area contributed by atoms with Crippen LogP contribution in [0.4, 0.5) is 0 Å². The van der Waals surface area contributed by atoms with Gasteiger partial charge in [-0.1, -0.05) is 23.7 Å². The van der Waals surface area contributed by atoms with Crippen LogP contribution in [0.5, 0.6) is 0 Å². The van der Waals surface area contributed by atoms with E-state index in [9.17, 15) is 0 Å². The maximum atomic E-state index is 5.91. The fourth-order valence-electron chi connectivity index (χ4n) is 2.25. The lowest BCUT2D eigenvalue weighted by Gasteiger charge is -2.38. The number of benzene rings is 1. The van der Waals surface area contributed by atoms with Gasteiger partial charge in [0.1, 0.15) is 0 Å². The molecule has 0 saturated heterocycles. The summed E-state index contributed by atoms with van der Waals surface area (Å²) in [6, 6.07) is 9.00. The molecule has 0 spiro atoms. The first-order valence-corrected chi connectivity index (χ1v) is 8.14. The van der Waals surface area contributed by atoms with E-state index in [1.54, 1.807) is 0 Å². The molecule has 1 N–H and O–H groups in total. The van der Waals surface area contributed by atoms with Gasteiger partial charge in [0.05, 0.1) is 0 Å². The van der Waals surface area contributed by atoms with Crippen LogP contribution < -0.4 is 5.32 Å². The topological polar surface area (TPSA) is 12.0 Å². The third kappa shape index (κ3) is 3.66. The minimum atomic E-state index is 0.339. The largest absolute Gasteiger partial charge is 0.313 e. The zero-order valence-corrected chi connectivity index (χ0v) is 12.9. The molecule has 0 aliphatic heterocycles. The Labute approximate surface area is 120 Å². The van der Waals surface area contributed by atoms with Crippen LogP contribution in [-0.4, -0.2) is 23.6 Å². The Balaban J connectivity index is 1.75. The molecule has 0 radical (unpaired) electrons. The summed E-state index contributed by atoms with van der Waals surface area (Å²) >= 11 is 7.83. The maximum Gasteiger partial charge on any atom is 0.0406 e. The van der Waals surface area contributed by atoms with E-state index in [1.165, 1.54) is 18.4 Å². The second-order valence-corrected chi connectivity index (χ2v) is 7.71. The summed E-state index contributed by atoms with van der Waals surface area (Å²) in [5.41, 5.74) is 1.43. The van der Waals surface area contributed by atoms with Crippen LogP contribution in [0.25, 0.3) is 0 Å². The van der Waals surface area contributed by atoms with Gasteiger partial charge in [-0.05, 0) is 56.6 Å². The van der Waals surface area contributed by atoms with E-state index in [1.807, 2.05) is 23.9 Å². The smallest absolute Gasteiger partial charge is 0.0406 e. The second kappa shape index (κ2) is 5.85. The van der Waals surface area contributed by atoms with Crippen LogP contribution in [0, 0.1) is 0 Å². The number of rotatable bonds is 5. The quantitative estimate of drug-likeness (QED) is 0.864. The zero-order valence-electron chi connectivity index (χ0n) is 11.4. The molecule has 1 saturated carbocycles. The van der Waals surface area contributed by atoms with Gasteiger partial charge < -0.3 is 5.32 Å². The fraction of sp³-hybridized carbons (Fsp3) is 0.600. The predicted octanol–water partition coefficient (Wildman–Crippen LogP) is 4.32. The second-order valence-electron chi connectivity index (χ2n) is 5.76. The Hall–Kier alpha value is -0.180. The first-order chi connectivity index (χ1) is 8.50. The van der Waals surface area contributed by atoms with Crippen LogP contribution in [0.3, 0.4) is 0 Å². The highest BCUT2D eigenvalue weighted by atomic mass is 35.5. The van der Waals surface area contributed by atoms with Crippen LogP contribution in [0.2, 0.25) is 5.02 Å². The van der Waals surface area contributed by atoms with Crippen molar-refractivity contribution in [3.8, 4) is 0 Å². The number of nitrogens with one attached hydrogen (secondary N) is 1. The van der Waals surface area contributed by atoms with Crippen LogP contribution in [-0.2, 0) is 0 Å². The average Bonchev–Trinajstić information content (AvgIpc) is 2.29. The van der Waals surface area contributed by atoms with Crippen molar-refractivity contribution in [3.63, 3.8) is 0 Å². The van der Waals surface area contributed by atoms with Crippen molar-refractivity contribution in [1.29, 1.82) is 0 Å². The van der Waals surface area contributed by atoms with Crippen LogP contribution >= 0.6 is 23.4 Å². The Morgan fingerprint density at radius 3 is 2.44 bits per heavy atom. The number of halogens is 1. The molecule has 100 valence electrons. The molecule has 0 atom stereocenters. The number of thioether (sulfide) groups is 1. The molecule has 1 nitrogen and oxygen atoms in total. The highest BCUT2D eigenvalue weighted by Gasteiger charge is 2.31. The molecule has 0 unspecified atom stereocenters. The normalized spacial score (nSPS) is 23.8. The summed E-state index contributed by atoms with van der Waals surface area (Å²) in [4.78, 5) is 0. The SMILES string of the molecule is CSC(C)(C)CNC1CC(c2ccc(Cl)cc2)C1. The minimum absolute atomic E-state index is 0.339. The molecule has 1 aromatic rings. The number of hydrogen-bond donors (Lipinski definition) is 1. The molecule has 0 heterocycles. The van der Waals surface area contributed by atoms with E-state index in [2.05, 4.69) is 37.6 Å². The first kappa shape index (κ1) is 14.2. The molecular formula is C15H22ClNS. The summed E-state index contributed by atoms with van der Waals surface area (Å²) in [6.45, 7) is 5.67. The van der Waals surface area contributed by atoms with E-state index < -0.39 is 0 Å². The molecule has 1 fully saturated rings. The Kier molecular flexibility index (Phi) is 4.63. The lowest BCUT2D eigenvalue weighted by molar-refractivity contribution is 0.286. The van der Waals surface area contributed by atoms with Gasteiger partial charge in [0.2, 0.25) is 0 Å². The van der Waals surface area contributed by atoms with Crippen molar-refractivity contribution >= 4 is 23.4 Å². The van der Waals surface area contributed by atoms with Gasteiger partial charge in [0.25, 0.3) is 0 Å². The molecule has 0 bridgehead atoms. The molecule has 2 rings (SSSR count). The van der Waals surface area contributed by atoms with Crippen molar-refractivity contribution < 1.29 is 0 Å². The van der Waals surface area contributed by atoms with Crippen LogP contribution in [0.1, 0.15) is 38.2 Å². The lowest BCUT2D eigenvalue weighted by atomic mass is 9.76. The highest BCUT2D eigenvalue weighted by molar-refractivity contribution is 7.99. The van der Waals surface area contributed by atoms with Gasteiger partial charge in [0, 0.05) is 22.4 Å². The molecule has 1 aromatic carbocycles. The molecule has 0 amide bonds. The number of hydrogen-bond acceptors (Lipinski definition) is 2. The highest BCUT2D eigenvalue weighted by Crippen LogP contribution is 2.37. The maximum absolute atomic E-state index is 5.91. The summed E-state index contributed by atoms with van der Waals surface area (Å²) < 4.78 is 0.339. The van der Waals surface area contributed by atoms with Gasteiger partial charge in [-0.2, -0.15) is 11.8 Å². The fourth-order valence-corrected chi connectivity index (χ4v) is 2.61. The van der Waals surface area contributed by atoms with Gasteiger partial charge >= 0.3 is 0 Å². The minimum Gasteiger partial charge on any atom is -0.313 e. The predicted molar refractivity (Wildman–Crippen MR) is 82.8 cm³/mol. The third-order valence-corrected chi connectivity index (χ3v) is 5.35. The zero-order chi connectivity index (χ0) is 13.2. The van der Waals surface area contributed by atoms with Gasteiger partial charge in [-0.3, -0.25) is 0 Å².